The van der Waals surface area contributed by atoms with E-state index >= 15 is 0 Å². The van der Waals surface area contributed by atoms with Gasteiger partial charge < -0.3 is 14.8 Å². The Morgan fingerprint density at radius 3 is 2.59 bits per heavy atom. The van der Waals surface area contributed by atoms with Crippen LogP contribution < -0.4 is 14.8 Å². The van der Waals surface area contributed by atoms with E-state index in [0.717, 1.165) is 28.8 Å². The second kappa shape index (κ2) is 10.2. The lowest BCUT2D eigenvalue weighted by Gasteiger charge is -2.09. The zero-order chi connectivity index (χ0) is 18.7. The molecule has 0 bridgehead atoms. The second-order valence-corrected chi connectivity index (χ2v) is 6.15. The number of nitrogens with one attached hydrogen (secondary N) is 1. The maximum Gasteiger partial charge on any atom is 0.220 e. The van der Waals surface area contributed by atoms with Gasteiger partial charge in [-0.25, -0.2) is 0 Å². The molecule has 1 heterocycles. The molecule has 1 N–H and O–H groups in total. The largest absolute Gasteiger partial charge is 0.494 e. The van der Waals surface area contributed by atoms with Crippen molar-refractivity contribution in [1.82, 2.24) is 10.3 Å². The van der Waals surface area contributed by atoms with E-state index in [1.165, 1.54) is 0 Å². The van der Waals surface area contributed by atoms with Crippen LogP contribution in [0.2, 0.25) is 0 Å². The van der Waals surface area contributed by atoms with Crippen LogP contribution in [0.3, 0.4) is 0 Å². The molecule has 1 amide bonds. The van der Waals surface area contributed by atoms with Crippen LogP contribution in [0.5, 0.6) is 11.5 Å². The van der Waals surface area contributed by atoms with Crippen LogP contribution in [-0.4, -0.2) is 30.6 Å². The Balaban J connectivity index is 1.28. The molecule has 27 heavy (non-hydrogen) atoms. The third-order valence-electron chi connectivity index (χ3n) is 4.06. The molecule has 0 unspecified atom stereocenters. The molecule has 140 valence electrons. The number of amides is 1. The monoisotopic (exact) mass is 364 g/mol. The fraction of sp³-hybridized carbons (Fsp3) is 0.273. The van der Waals surface area contributed by atoms with Gasteiger partial charge in [-0.3, -0.25) is 9.78 Å². The molecular weight excluding hydrogens is 340 g/mol. The third kappa shape index (κ3) is 5.99. The lowest BCUT2D eigenvalue weighted by molar-refractivity contribution is -0.121. The SMILES string of the molecule is O=C(CCCOc1ccccc1)NCCCOc1cccc2cccnc12. The molecule has 0 atom stereocenters. The van der Waals surface area contributed by atoms with Gasteiger partial charge in [0.25, 0.3) is 0 Å². The summed E-state index contributed by atoms with van der Waals surface area (Å²) in [4.78, 5) is 16.2. The fourth-order valence-electron chi connectivity index (χ4n) is 2.70. The van der Waals surface area contributed by atoms with Crippen molar-refractivity contribution in [3.8, 4) is 11.5 Å². The van der Waals surface area contributed by atoms with E-state index in [9.17, 15) is 4.79 Å². The topological polar surface area (TPSA) is 60.5 Å². The van der Waals surface area contributed by atoms with E-state index in [4.69, 9.17) is 9.47 Å². The predicted molar refractivity (Wildman–Crippen MR) is 106 cm³/mol. The van der Waals surface area contributed by atoms with Gasteiger partial charge in [-0.15, -0.1) is 0 Å². The number of carbonyl (C=O) groups is 1. The summed E-state index contributed by atoms with van der Waals surface area (Å²) in [5, 5.41) is 3.97. The highest BCUT2D eigenvalue weighted by atomic mass is 16.5. The van der Waals surface area contributed by atoms with Crippen LogP contribution in [0.1, 0.15) is 19.3 Å². The van der Waals surface area contributed by atoms with Crippen LogP contribution in [0.15, 0.2) is 66.9 Å². The molecule has 0 aliphatic heterocycles. The summed E-state index contributed by atoms with van der Waals surface area (Å²) < 4.78 is 11.4. The number of ether oxygens (including phenoxy) is 2. The molecule has 5 heteroatoms. The smallest absolute Gasteiger partial charge is 0.220 e. The molecule has 5 nitrogen and oxygen atoms in total. The zero-order valence-electron chi connectivity index (χ0n) is 15.3. The molecular formula is C22H24N2O3. The Labute approximate surface area is 159 Å². The van der Waals surface area contributed by atoms with Gasteiger partial charge >= 0.3 is 0 Å². The average molecular weight is 364 g/mol. The second-order valence-electron chi connectivity index (χ2n) is 6.15. The lowest BCUT2D eigenvalue weighted by Crippen LogP contribution is -2.25. The van der Waals surface area contributed by atoms with Crippen LogP contribution in [-0.2, 0) is 4.79 Å². The number of para-hydroxylation sites is 2. The van der Waals surface area contributed by atoms with Crippen molar-refractivity contribution in [1.29, 1.82) is 0 Å². The molecule has 0 aliphatic carbocycles. The summed E-state index contributed by atoms with van der Waals surface area (Å²) >= 11 is 0. The van der Waals surface area contributed by atoms with Crippen molar-refractivity contribution in [2.45, 2.75) is 19.3 Å². The van der Waals surface area contributed by atoms with Crippen molar-refractivity contribution < 1.29 is 14.3 Å². The minimum Gasteiger partial charge on any atom is -0.494 e. The lowest BCUT2D eigenvalue weighted by atomic mass is 10.2. The van der Waals surface area contributed by atoms with Gasteiger partial charge in [-0.05, 0) is 37.1 Å². The van der Waals surface area contributed by atoms with Crippen LogP contribution >= 0.6 is 0 Å². The first-order chi connectivity index (χ1) is 13.3. The van der Waals surface area contributed by atoms with Gasteiger partial charge in [0.2, 0.25) is 5.91 Å². The molecule has 0 spiro atoms. The van der Waals surface area contributed by atoms with Crippen molar-refractivity contribution in [2.24, 2.45) is 0 Å². The summed E-state index contributed by atoms with van der Waals surface area (Å²) in [5.41, 5.74) is 0.863. The average Bonchev–Trinajstić information content (AvgIpc) is 2.72. The van der Waals surface area contributed by atoms with Gasteiger partial charge in [0.05, 0.1) is 13.2 Å². The summed E-state index contributed by atoms with van der Waals surface area (Å²) in [6.45, 7) is 1.66. The Kier molecular flexibility index (Phi) is 7.04. The third-order valence-corrected chi connectivity index (χ3v) is 4.06. The molecule has 2 aromatic carbocycles. The van der Waals surface area contributed by atoms with E-state index < -0.39 is 0 Å². The summed E-state index contributed by atoms with van der Waals surface area (Å²) in [5.74, 6) is 1.65. The molecule has 3 aromatic rings. The van der Waals surface area contributed by atoms with Crippen molar-refractivity contribution in [3.05, 3.63) is 66.9 Å². The van der Waals surface area contributed by atoms with Crippen LogP contribution in [0, 0.1) is 0 Å². The standard InChI is InChI=1S/C22H24N2O3/c25-21(13-6-16-26-19-10-2-1-3-11-19)23-15-7-17-27-20-12-4-8-18-9-5-14-24-22(18)20/h1-5,8-12,14H,6-7,13,15-17H2,(H,23,25). The van der Waals surface area contributed by atoms with Gasteiger partial charge in [-0.2, -0.15) is 0 Å². The highest BCUT2D eigenvalue weighted by Gasteiger charge is 2.04. The minimum atomic E-state index is 0.0403. The van der Waals surface area contributed by atoms with Crippen LogP contribution in [0.25, 0.3) is 10.9 Å². The van der Waals surface area contributed by atoms with E-state index in [2.05, 4.69) is 10.3 Å². The first-order valence-corrected chi connectivity index (χ1v) is 9.24. The molecule has 0 radical (unpaired) electrons. The van der Waals surface area contributed by atoms with Crippen molar-refractivity contribution in [2.75, 3.05) is 19.8 Å². The maximum absolute atomic E-state index is 11.8. The molecule has 0 saturated heterocycles. The molecule has 0 fully saturated rings. The normalized spacial score (nSPS) is 10.5. The zero-order valence-corrected chi connectivity index (χ0v) is 15.3. The van der Waals surface area contributed by atoms with Crippen molar-refractivity contribution in [3.63, 3.8) is 0 Å². The number of fused-ring (bicyclic) bond motifs is 1. The summed E-state index contributed by atoms with van der Waals surface area (Å²) in [6.07, 6.45) is 3.66. The Morgan fingerprint density at radius 1 is 0.889 bits per heavy atom. The number of nitrogens with zero attached hydrogens (tertiary/aromatic N) is 1. The fourth-order valence-corrected chi connectivity index (χ4v) is 2.70. The Morgan fingerprint density at radius 2 is 1.70 bits per heavy atom. The van der Waals surface area contributed by atoms with Gasteiger partial charge in [0, 0.05) is 24.5 Å². The van der Waals surface area contributed by atoms with Gasteiger partial charge in [-0.1, -0.05) is 36.4 Å². The Hall–Kier alpha value is -3.08. The first kappa shape index (κ1) is 18.7. The highest BCUT2D eigenvalue weighted by molar-refractivity contribution is 5.84. The number of rotatable bonds is 10. The number of aromatic nitrogens is 1. The van der Waals surface area contributed by atoms with Crippen molar-refractivity contribution >= 4 is 16.8 Å². The number of pyridine rings is 1. The molecule has 0 saturated carbocycles. The quantitative estimate of drug-likeness (QED) is 0.553. The predicted octanol–water partition coefficient (Wildman–Crippen LogP) is 3.98. The molecule has 0 aliphatic rings. The van der Waals surface area contributed by atoms with Crippen LogP contribution in [0.4, 0.5) is 0 Å². The number of hydrogen-bond acceptors (Lipinski definition) is 4. The number of benzene rings is 2. The van der Waals surface area contributed by atoms with Gasteiger partial charge in [0.1, 0.15) is 17.0 Å². The van der Waals surface area contributed by atoms with E-state index in [1.54, 1.807) is 6.20 Å². The molecule has 1 aromatic heterocycles. The first-order valence-electron chi connectivity index (χ1n) is 9.24. The number of hydrogen-bond donors (Lipinski definition) is 1. The summed E-state index contributed by atoms with van der Waals surface area (Å²) in [6, 6.07) is 19.4. The number of carbonyl (C=O) groups excluding carboxylic acids is 1. The maximum atomic E-state index is 11.8. The minimum absolute atomic E-state index is 0.0403. The van der Waals surface area contributed by atoms with E-state index in [0.29, 0.717) is 32.6 Å². The van der Waals surface area contributed by atoms with E-state index in [-0.39, 0.29) is 5.91 Å². The summed E-state index contributed by atoms with van der Waals surface area (Å²) in [7, 11) is 0. The highest BCUT2D eigenvalue weighted by Crippen LogP contribution is 2.22. The van der Waals surface area contributed by atoms with Gasteiger partial charge in [0.15, 0.2) is 0 Å². The van der Waals surface area contributed by atoms with E-state index in [1.807, 2.05) is 60.7 Å². The Bertz CT molecular complexity index is 847. The molecule has 3 rings (SSSR count).